The van der Waals surface area contributed by atoms with E-state index in [1.807, 2.05) is 42.5 Å². The summed E-state index contributed by atoms with van der Waals surface area (Å²) in [6.45, 7) is 2.11. The molecule has 0 atom stereocenters. The zero-order chi connectivity index (χ0) is 17.6. The number of benzene rings is 3. The summed E-state index contributed by atoms with van der Waals surface area (Å²) in [5.74, 6) is 0. The Labute approximate surface area is 164 Å². The molecule has 0 unspecified atom stereocenters. The molecule has 0 saturated carbocycles. The first-order valence-electron chi connectivity index (χ1n) is 8.02. The van der Waals surface area contributed by atoms with Gasteiger partial charge in [-0.25, -0.2) is 0 Å². The molecule has 0 saturated heterocycles. The Morgan fingerprint density at radius 2 is 1.52 bits per heavy atom. The second-order valence-electron chi connectivity index (χ2n) is 5.80. The van der Waals surface area contributed by atoms with Gasteiger partial charge in [0.25, 0.3) is 0 Å². The van der Waals surface area contributed by atoms with Gasteiger partial charge in [0, 0.05) is 0 Å². The summed E-state index contributed by atoms with van der Waals surface area (Å²) < 4.78 is 1.19. The molecule has 25 heavy (non-hydrogen) atoms. The number of anilines is 1. The minimum atomic E-state index is 0.753. The van der Waals surface area contributed by atoms with Gasteiger partial charge in [-0.2, -0.15) is 0 Å². The van der Waals surface area contributed by atoms with E-state index in [9.17, 15) is 0 Å². The van der Waals surface area contributed by atoms with Crippen molar-refractivity contribution in [3.05, 3.63) is 101 Å². The number of aryl methyl sites for hydroxylation is 1. The number of para-hydroxylation sites is 1. The maximum absolute atomic E-state index is 6.02. The molecule has 3 aromatic carbocycles. The molecule has 0 aliphatic rings. The van der Waals surface area contributed by atoms with Crippen LogP contribution in [0, 0.1) is 6.92 Å². The molecule has 3 rings (SSSR count). The van der Waals surface area contributed by atoms with Crippen molar-refractivity contribution in [3.63, 3.8) is 0 Å². The van der Waals surface area contributed by atoms with Crippen LogP contribution in [0.25, 0.3) is 11.6 Å². The summed E-state index contributed by atoms with van der Waals surface area (Å²) in [5, 5.41) is 4.30. The SMILES string of the molecule is Cc1ccc(/C(=C\c2ccc(Cl)cc2)[C](=[W])Nc2ccccc2)cc1. The molecule has 3 heteroatoms. The maximum atomic E-state index is 6.02. The fraction of sp³-hybridized carbons (Fsp3) is 0.0455. The van der Waals surface area contributed by atoms with Crippen LogP contribution in [-0.2, 0) is 19.4 Å². The predicted molar refractivity (Wildman–Crippen MR) is 106 cm³/mol. The molecular weight excluding hydrogens is 498 g/mol. The molecule has 0 aromatic heterocycles. The molecule has 0 radical (unpaired) electrons. The van der Waals surface area contributed by atoms with Crippen molar-refractivity contribution in [3.8, 4) is 0 Å². The van der Waals surface area contributed by atoms with Crippen LogP contribution in [-0.4, -0.2) is 4.02 Å². The summed E-state index contributed by atoms with van der Waals surface area (Å²) in [5.41, 5.74) is 5.89. The van der Waals surface area contributed by atoms with Crippen molar-refractivity contribution in [2.24, 2.45) is 0 Å². The minimum absolute atomic E-state index is 0.753. The summed E-state index contributed by atoms with van der Waals surface area (Å²) in [6, 6.07) is 26.8. The van der Waals surface area contributed by atoms with Gasteiger partial charge in [0.2, 0.25) is 0 Å². The van der Waals surface area contributed by atoms with E-state index >= 15 is 0 Å². The third-order valence-corrected chi connectivity index (χ3v) is 5.23. The monoisotopic (exact) mass is 515 g/mol. The van der Waals surface area contributed by atoms with Gasteiger partial charge in [-0.15, -0.1) is 0 Å². The number of rotatable bonds is 5. The topological polar surface area (TPSA) is 12.0 Å². The number of hydrogen-bond acceptors (Lipinski definition) is 1. The van der Waals surface area contributed by atoms with E-state index in [4.69, 9.17) is 11.6 Å². The molecule has 0 aliphatic carbocycles. The summed E-state index contributed by atoms with van der Waals surface area (Å²) in [7, 11) is 0. The molecule has 3 aromatic rings. The fourth-order valence-corrected chi connectivity index (χ4v) is 3.64. The second kappa shape index (κ2) is 8.43. The van der Waals surface area contributed by atoms with Gasteiger partial charge < -0.3 is 0 Å². The van der Waals surface area contributed by atoms with Gasteiger partial charge in [0.15, 0.2) is 0 Å². The molecule has 0 fully saturated rings. The average Bonchev–Trinajstić information content (AvgIpc) is 2.63. The van der Waals surface area contributed by atoms with Crippen molar-refractivity contribution >= 4 is 33.0 Å². The first-order chi connectivity index (χ1) is 12.1. The standard InChI is InChI=1S/C22H18ClN.W/c1-17-7-11-19(12-8-17)20(15-18-9-13-21(23)14-10-18)16-24-22-5-3-2-4-6-22;/h2-15,24H,1H3;/b20-15-;. The Morgan fingerprint density at radius 1 is 0.880 bits per heavy atom. The molecule has 0 aliphatic heterocycles. The third-order valence-electron chi connectivity index (χ3n) is 3.82. The molecule has 0 amide bonds. The van der Waals surface area contributed by atoms with Crippen LogP contribution in [0.3, 0.4) is 0 Å². The van der Waals surface area contributed by atoms with Crippen LogP contribution in [0.1, 0.15) is 16.7 Å². The van der Waals surface area contributed by atoms with Gasteiger partial charge in [-0.3, -0.25) is 0 Å². The van der Waals surface area contributed by atoms with Crippen LogP contribution < -0.4 is 5.32 Å². The third kappa shape index (κ3) is 5.01. The molecule has 124 valence electrons. The van der Waals surface area contributed by atoms with Crippen LogP contribution >= 0.6 is 11.6 Å². The first-order valence-corrected chi connectivity index (χ1v) is 9.87. The van der Waals surface area contributed by atoms with Gasteiger partial charge in [0.1, 0.15) is 0 Å². The average molecular weight is 516 g/mol. The second-order valence-corrected chi connectivity index (χ2v) is 7.70. The van der Waals surface area contributed by atoms with Gasteiger partial charge >= 0.3 is 165 Å². The molecule has 0 spiro atoms. The Bertz CT molecular complexity index is 882. The molecule has 0 bridgehead atoms. The summed E-state index contributed by atoms with van der Waals surface area (Å²) >= 11 is 7.41. The van der Waals surface area contributed by atoms with Crippen LogP contribution in [0.2, 0.25) is 5.02 Å². The zero-order valence-corrected chi connectivity index (χ0v) is 17.6. The normalized spacial score (nSPS) is 11.2. The quantitative estimate of drug-likeness (QED) is 0.413. The van der Waals surface area contributed by atoms with Crippen LogP contribution in [0.5, 0.6) is 0 Å². The molecular formula is C22H18ClNW. The predicted octanol–water partition coefficient (Wildman–Crippen LogP) is 5.98. The van der Waals surface area contributed by atoms with Crippen LogP contribution in [0.15, 0.2) is 78.9 Å². The van der Waals surface area contributed by atoms with E-state index in [2.05, 4.69) is 54.7 Å². The fourth-order valence-electron chi connectivity index (χ4n) is 2.46. The van der Waals surface area contributed by atoms with Crippen molar-refractivity contribution in [2.75, 3.05) is 5.32 Å². The molecule has 1 nitrogen and oxygen atoms in total. The van der Waals surface area contributed by atoms with E-state index in [1.54, 1.807) is 0 Å². The van der Waals surface area contributed by atoms with E-state index < -0.39 is 0 Å². The molecule has 0 heterocycles. The number of halogens is 1. The Kier molecular flexibility index (Phi) is 6.02. The Morgan fingerprint density at radius 3 is 2.16 bits per heavy atom. The summed E-state index contributed by atoms with van der Waals surface area (Å²) in [4.78, 5) is 0. The van der Waals surface area contributed by atoms with Crippen molar-refractivity contribution in [1.82, 2.24) is 0 Å². The Hall–Kier alpha value is -1.95. The van der Waals surface area contributed by atoms with E-state index in [1.165, 1.54) is 40.1 Å². The van der Waals surface area contributed by atoms with E-state index in [0.717, 1.165) is 16.3 Å². The van der Waals surface area contributed by atoms with Gasteiger partial charge in [-0.05, 0) is 0 Å². The van der Waals surface area contributed by atoms with Crippen molar-refractivity contribution < 1.29 is 19.4 Å². The Balaban J connectivity index is 1.97. The zero-order valence-electron chi connectivity index (χ0n) is 13.9. The van der Waals surface area contributed by atoms with E-state index in [0.29, 0.717) is 0 Å². The summed E-state index contributed by atoms with van der Waals surface area (Å²) in [6.07, 6.45) is 2.21. The van der Waals surface area contributed by atoms with Crippen LogP contribution in [0.4, 0.5) is 5.69 Å². The number of hydrogen-bond donors (Lipinski definition) is 1. The van der Waals surface area contributed by atoms with Gasteiger partial charge in [0.05, 0.1) is 0 Å². The van der Waals surface area contributed by atoms with Crippen molar-refractivity contribution in [1.29, 1.82) is 0 Å². The number of nitrogens with one attached hydrogen (secondary N) is 1. The first kappa shape index (κ1) is 17.9. The molecule has 1 N–H and O–H groups in total. The van der Waals surface area contributed by atoms with Gasteiger partial charge in [-0.1, -0.05) is 0 Å². The van der Waals surface area contributed by atoms with Crippen molar-refractivity contribution in [2.45, 2.75) is 6.92 Å². The van der Waals surface area contributed by atoms with E-state index in [-0.39, 0.29) is 0 Å².